The first-order valence-corrected chi connectivity index (χ1v) is 10.8. The van der Waals surface area contributed by atoms with Gasteiger partial charge in [0, 0.05) is 42.1 Å². The predicted octanol–water partition coefficient (Wildman–Crippen LogP) is 6.47. The van der Waals surface area contributed by atoms with Crippen LogP contribution in [0.1, 0.15) is 55.5 Å². The molecule has 4 aromatic rings. The van der Waals surface area contributed by atoms with Crippen LogP contribution in [0.4, 0.5) is 13.2 Å². The first kappa shape index (κ1) is 21.0. The van der Waals surface area contributed by atoms with E-state index in [0.29, 0.717) is 23.9 Å². The van der Waals surface area contributed by atoms with Crippen molar-refractivity contribution in [1.29, 1.82) is 0 Å². The van der Waals surface area contributed by atoms with E-state index in [4.69, 9.17) is 11.6 Å². The van der Waals surface area contributed by atoms with Crippen LogP contribution in [0.15, 0.2) is 42.9 Å². The number of halogens is 4. The second-order valence-corrected chi connectivity index (χ2v) is 8.85. The summed E-state index contributed by atoms with van der Waals surface area (Å²) in [5.41, 5.74) is 2.79. The van der Waals surface area contributed by atoms with Gasteiger partial charge in [0.2, 0.25) is 5.28 Å². The molecule has 9 heteroatoms. The zero-order chi connectivity index (χ0) is 22.6. The van der Waals surface area contributed by atoms with Crippen molar-refractivity contribution in [2.75, 3.05) is 0 Å². The molecule has 166 valence electrons. The number of hydrogen-bond donors (Lipinski definition) is 0. The Morgan fingerprint density at radius 2 is 1.81 bits per heavy atom. The molecule has 5 rings (SSSR count). The highest BCUT2D eigenvalue weighted by Crippen LogP contribution is 2.43. The van der Waals surface area contributed by atoms with Crippen LogP contribution in [0.25, 0.3) is 22.4 Å². The molecular formula is C23H21ClF3N5. The van der Waals surface area contributed by atoms with E-state index in [9.17, 15) is 13.2 Å². The fourth-order valence-electron chi connectivity index (χ4n) is 4.01. The summed E-state index contributed by atoms with van der Waals surface area (Å²) < 4.78 is 43.2. The number of hydrogen-bond acceptors (Lipinski definition) is 3. The second kappa shape index (κ2) is 7.62. The lowest BCUT2D eigenvalue weighted by molar-refractivity contribution is -0.140. The van der Waals surface area contributed by atoms with Crippen LogP contribution >= 0.6 is 11.6 Å². The van der Waals surface area contributed by atoms with Gasteiger partial charge < -0.3 is 9.13 Å². The third kappa shape index (κ3) is 3.88. The van der Waals surface area contributed by atoms with Gasteiger partial charge in [-0.05, 0) is 55.3 Å². The Morgan fingerprint density at radius 3 is 2.44 bits per heavy atom. The van der Waals surface area contributed by atoms with E-state index < -0.39 is 11.9 Å². The van der Waals surface area contributed by atoms with Gasteiger partial charge in [-0.1, -0.05) is 24.3 Å². The molecule has 0 unspecified atom stereocenters. The van der Waals surface area contributed by atoms with E-state index in [0.717, 1.165) is 22.8 Å². The number of imidazole rings is 1. The lowest BCUT2D eigenvalue weighted by Gasteiger charge is -2.12. The molecule has 0 spiro atoms. The largest absolute Gasteiger partial charge is 0.434 e. The van der Waals surface area contributed by atoms with E-state index >= 15 is 0 Å². The molecule has 1 saturated carbocycles. The van der Waals surface area contributed by atoms with Gasteiger partial charge in [0.25, 0.3) is 0 Å². The number of fused-ring (bicyclic) bond motifs is 1. The Bertz CT molecular complexity index is 1280. The third-order valence-corrected chi connectivity index (χ3v) is 5.96. The molecule has 32 heavy (non-hydrogen) atoms. The van der Waals surface area contributed by atoms with Gasteiger partial charge >= 0.3 is 6.18 Å². The highest BCUT2D eigenvalue weighted by atomic mass is 35.5. The average Bonchev–Trinajstić information content (AvgIpc) is 3.37. The SMILES string of the molecule is CC(C)n1cc(C(F)(F)F)nc1-c1ccc(Cn2cc(C3CC3)c3cnc(Cl)nc32)cc1. The Morgan fingerprint density at radius 1 is 1.09 bits per heavy atom. The number of benzene rings is 1. The quantitative estimate of drug-likeness (QED) is 0.321. The zero-order valence-corrected chi connectivity index (χ0v) is 18.3. The van der Waals surface area contributed by atoms with Crippen molar-refractivity contribution in [3.05, 3.63) is 65.0 Å². The van der Waals surface area contributed by atoms with E-state index in [1.54, 1.807) is 10.8 Å². The number of nitrogens with zero attached hydrogens (tertiary/aromatic N) is 5. The molecule has 0 saturated heterocycles. The number of alkyl halides is 3. The predicted molar refractivity (Wildman–Crippen MR) is 117 cm³/mol. The molecule has 1 aromatic carbocycles. The fourth-order valence-corrected chi connectivity index (χ4v) is 4.14. The summed E-state index contributed by atoms with van der Waals surface area (Å²) in [6.45, 7) is 4.24. The lowest BCUT2D eigenvalue weighted by Crippen LogP contribution is -2.05. The van der Waals surface area contributed by atoms with Crippen LogP contribution in [0.2, 0.25) is 5.28 Å². The maximum atomic E-state index is 13.2. The Hall–Kier alpha value is -2.87. The lowest BCUT2D eigenvalue weighted by atomic mass is 10.1. The maximum Gasteiger partial charge on any atom is 0.434 e. The monoisotopic (exact) mass is 459 g/mol. The van der Waals surface area contributed by atoms with Gasteiger partial charge in [0.1, 0.15) is 11.5 Å². The van der Waals surface area contributed by atoms with E-state index in [1.807, 2.05) is 38.1 Å². The molecule has 0 N–H and O–H groups in total. The van der Waals surface area contributed by atoms with E-state index in [2.05, 4.69) is 25.7 Å². The minimum Gasteiger partial charge on any atom is -0.328 e. The number of aromatic nitrogens is 5. The third-order valence-electron chi connectivity index (χ3n) is 5.78. The van der Waals surface area contributed by atoms with Crippen molar-refractivity contribution in [3.63, 3.8) is 0 Å². The van der Waals surface area contributed by atoms with Crippen molar-refractivity contribution >= 4 is 22.6 Å². The van der Waals surface area contributed by atoms with Crippen LogP contribution < -0.4 is 0 Å². The Labute approximate surface area is 187 Å². The smallest absolute Gasteiger partial charge is 0.328 e. The summed E-state index contributed by atoms with van der Waals surface area (Å²) in [5, 5.41) is 1.22. The van der Waals surface area contributed by atoms with Crippen molar-refractivity contribution in [3.8, 4) is 11.4 Å². The Balaban J connectivity index is 1.47. The van der Waals surface area contributed by atoms with Crippen LogP contribution in [0, 0.1) is 0 Å². The van der Waals surface area contributed by atoms with Crippen LogP contribution in [0.5, 0.6) is 0 Å². The van der Waals surface area contributed by atoms with Gasteiger partial charge in [0.05, 0.1) is 0 Å². The van der Waals surface area contributed by atoms with Crippen molar-refractivity contribution in [2.45, 2.75) is 51.4 Å². The molecule has 1 aliphatic carbocycles. The normalized spacial score (nSPS) is 14.6. The summed E-state index contributed by atoms with van der Waals surface area (Å²) in [6.07, 6.45) is 2.82. The molecule has 5 nitrogen and oxygen atoms in total. The van der Waals surface area contributed by atoms with Crippen molar-refractivity contribution in [2.24, 2.45) is 0 Å². The maximum absolute atomic E-state index is 13.2. The summed E-state index contributed by atoms with van der Waals surface area (Å²) >= 11 is 6.04. The van der Waals surface area contributed by atoms with Gasteiger partial charge in [-0.25, -0.2) is 9.97 Å². The molecule has 0 amide bonds. The summed E-state index contributed by atoms with van der Waals surface area (Å²) in [4.78, 5) is 12.4. The Kier molecular flexibility index (Phi) is 5.00. The van der Waals surface area contributed by atoms with Crippen molar-refractivity contribution < 1.29 is 13.2 Å². The van der Waals surface area contributed by atoms with Crippen LogP contribution in [-0.2, 0) is 12.7 Å². The fraction of sp³-hybridized carbons (Fsp3) is 0.348. The summed E-state index contributed by atoms with van der Waals surface area (Å²) in [5.74, 6) is 0.851. The molecule has 1 aliphatic rings. The standard InChI is InChI=1S/C23H21ClF3N5/c1-13(2)32-12-19(23(25,26)27)29-20(32)16-5-3-14(4-6-16)10-31-11-18(15-7-8-15)17-9-28-22(24)30-21(17)31/h3-6,9,11-13,15H,7-8,10H2,1-2H3. The van der Waals surface area contributed by atoms with Gasteiger partial charge in [-0.3, -0.25) is 0 Å². The number of rotatable bonds is 5. The molecule has 0 bridgehead atoms. The average molecular weight is 460 g/mol. The first-order valence-electron chi connectivity index (χ1n) is 10.5. The molecule has 3 heterocycles. The van der Waals surface area contributed by atoms with Gasteiger partial charge in [0.15, 0.2) is 5.69 Å². The van der Waals surface area contributed by atoms with Gasteiger partial charge in [-0.15, -0.1) is 0 Å². The minimum absolute atomic E-state index is 0.148. The highest BCUT2D eigenvalue weighted by Gasteiger charge is 2.35. The molecule has 0 radical (unpaired) electrons. The van der Waals surface area contributed by atoms with E-state index in [-0.39, 0.29) is 11.3 Å². The van der Waals surface area contributed by atoms with Crippen LogP contribution in [0.3, 0.4) is 0 Å². The summed E-state index contributed by atoms with van der Waals surface area (Å²) in [6, 6.07) is 7.30. The van der Waals surface area contributed by atoms with E-state index in [1.165, 1.54) is 18.4 Å². The highest BCUT2D eigenvalue weighted by molar-refractivity contribution is 6.28. The topological polar surface area (TPSA) is 48.5 Å². The minimum atomic E-state index is -4.48. The molecule has 0 aliphatic heterocycles. The molecular weight excluding hydrogens is 439 g/mol. The van der Waals surface area contributed by atoms with Gasteiger partial charge in [-0.2, -0.15) is 18.2 Å². The zero-order valence-electron chi connectivity index (χ0n) is 17.6. The second-order valence-electron chi connectivity index (χ2n) is 8.51. The molecule has 3 aromatic heterocycles. The first-order chi connectivity index (χ1) is 15.2. The van der Waals surface area contributed by atoms with Crippen molar-refractivity contribution in [1.82, 2.24) is 24.1 Å². The van der Waals surface area contributed by atoms with Crippen LogP contribution in [-0.4, -0.2) is 24.1 Å². The molecule has 1 fully saturated rings. The molecule has 0 atom stereocenters. The summed E-state index contributed by atoms with van der Waals surface area (Å²) in [7, 11) is 0.